The Morgan fingerprint density at radius 1 is 1.06 bits per heavy atom. The second kappa shape index (κ2) is 8.25. The quantitative estimate of drug-likeness (QED) is 0.557. The smallest absolute Gasteiger partial charge is 0.277 e. The van der Waals surface area contributed by atoms with Crippen LogP contribution in [0.15, 0.2) is 53.6 Å². The SMILES string of the molecule is COc1ccc(-n2nc(S(C)(=O)=O)c3c2C(=O)N(c2ccc(C4(CCO)CC4)cc2)CC3)cc1. The maximum absolute atomic E-state index is 13.7. The maximum atomic E-state index is 13.7. The summed E-state index contributed by atoms with van der Waals surface area (Å²) in [4.78, 5) is 15.4. The van der Waals surface area contributed by atoms with Gasteiger partial charge in [0.15, 0.2) is 14.9 Å². The Hall–Kier alpha value is -3.17. The van der Waals surface area contributed by atoms with Gasteiger partial charge >= 0.3 is 0 Å². The molecule has 0 saturated heterocycles. The van der Waals surface area contributed by atoms with Crippen LogP contribution in [0.4, 0.5) is 5.69 Å². The van der Waals surface area contributed by atoms with Gasteiger partial charge in [-0.3, -0.25) is 4.79 Å². The van der Waals surface area contributed by atoms with E-state index in [-0.39, 0.29) is 28.6 Å². The summed E-state index contributed by atoms with van der Waals surface area (Å²) in [7, 11) is -2.05. The van der Waals surface area contributed by atoms with Crippen molar-refractivity contribution in [3.8, 4) is 11.4 Å². The lowest BCUT2D eigenvalue weighted by atomic mass is 9.92. The molecule has 0 radical (unpaired) electrons. The molecule has 2 aliphatic rings. The Kier molecular flexibility index (Phi) is 5.49. The lowest BCUT2D eigenvalue weighted by molar-refractivity contribution is 0.0973. The molecule has 8 nitrogen and oxygen atoms in total. The van der Waals surface area contributed by atoms with Gasteiger partial charge in [-0.15, -0.1) is 0 Å². The number of aromatic nitrogens is 2. The minimum absolute atomic E-state index is 0.0543. The van der Waals surface area contributed by atoms with Gasteiger partial charge in [0.2, 0.25) is 0 Å². The zero-order valence-corrected chi connectivity index (χ0v) is 20.0. The number of sulfone groups is 1. The molecule has 178 valence electrons. The number of amides is 1. The molecule has 0 unspecified atom stereocenters. The van der Waals surface area contributed by atoms with Gasteiger partial charge in [0, 0.05) is 30.7 Å². The molecule has 0 bridgehead atoms. The highest BCUT2D eigenvalue weighted by Gasteiger charge is 2.43. The molecule has 0 atom stereocenters. The Balaban J connectivity index is 1.54. The summed E-state index contributed by atoms with van der Waals surface area (Å²) in [6, 6.07) is 14.9. The Labute approximate surface area is 198 Å². The molecular formula is C25H27N3O5S. The number of methoxy groups -OCH3 is 1. The summed E-state index contributed by atoms with van der Waals surface area (Å²) in [5, 5.41) is 13.7. The first-order valence-corrected chi connectivity index (χ1v) is 13.2. The third-order valence-corrected chi connectivity index (χ3v) is 7.91. The molecule has 2 heterocycles. The van der Waals surface area contributed by atoms with Crippen LogP contribution in [-0.4, -0.2) is 55.7 Å². The van der Waals surface area contributed by atoms with Crippen molar-refractivity contribution in [3.05, 3.63) is 65.4 Å². The van der Waals surface area contributed by atoms with Gasteiger partial charge in [-0.1, -0.05) is 12.1 Å². The highest BCUT2D eigenvalue weighted by molar-refractivity contribution is 7.90. The minimum atomic E-state index is -3.62. The van der Waals surface area contributed by atoms with Crippen molar-refractivity contribution in [1.82, 2.24) is 9.78 Å². The monoisotopic (exact) mass is 481 g/mol. The van der Waals surface area contributed by atoms with Crippen LogP contribution in [0.25, 0.3) is 5.69 Å². The van der Waals surface area contributed by atoms with Crippen molar-refractivity contribution >= 4 is 21.4 Å². The van der Waals surface area contributed by atoms with E-state index in [1.165, 1.54) is 10.2 Å². The van der Waals surface area contributed by atoms with E-state index < -0.39 is 9.84 Å². The summed E-state index contributed by atoms with van der Waals surface area (Å²) in [6.07, 6.45) is 4.37. The number of benzene rings is 2. The molecule has 2 aromatic carbocycles. The minimum Gasteiger partial charge on any atom is -0.497 e. The number of fused-ring (bicyclic) bond motifs is 1. The van der Waals surface area contributed by atoms with E-state index in [0.717, 1.165) is 31.2 Å². The first-order chi connectivity index (χ1) is 16.3. The number of aliphatic hydroxyl groups is 1. The van der Waals surface area contributed by atoms with E-state index in [1.54, 1.807) is 36.3 Å². The first kappa shape index (κ1) is 22.6. The fourth-order valence-corrected chi connectivity index (χ4v) is 5.70. The van der Waals surface area contributed by atoms with Crippen molar-refractivity contribution in [2.24, 2.45) is 0 Å². The van der Waals surface area contributed by atoms with Crippen molar-refractivity contribution in [2.75, 3.05) is 31.4 Å². The Morgan fingerprint density at radius 2 is 1.71 bits per heavy atom. The second-order valence-corrected chi connectivity index (χ2v) is 11.0. The van der Waals surface area contributed by atoms with E-state index in [9.17, 15) is 18.3 Å². The number of nitrogens with zero attached hydrogens (tertiary/aromatic N) is 3. The topological polar surface area (TPSA) is 102 Å². The van der Waals surface area contributed by atoms with Crippen molar-refractivity contribution < 1.29 is 23.1 Å². The van der Waals surface area contributed by atoms with Crippen LogP contribution in [0.5, 0.6) is 5.75 Å². The number of anilines is 1. The summed E-state index contributed by atoms with van der Waals surface area (Å²) in [5.41, 5.74) is 3.29. The van der Waals surface area contributed by atoms with Crippen LogP contribution in [0.2, 0.25) is 0 Å². The lowest BCUT2D eigenvalue weighted by Crippen LogP contribution is -2.39. The summed E-state index contributed by atoms with van der Waals surface area (Å²) >= 11 is 0. The largest absolute Gasteiger partial charge is 0.497 e. The zero-order valence-electron chi connectivity index (χ0n) is 19.2. The molecule has 9 heteroatoms. The van der Waals surface area contributed by atoms with Crippen molar-refractivity contribution in [2.45, 2.75) is 36.1 Å². The number of ether oxygens (including phenoxy) is 1. The van der Waals surface area contributed by atoms with Gasteiger partial charge in [-0.25, -0.2) is 13.1 Å². The molecule has 1 aliphatic carbocycles. The average Bonchev–Trinajstić information content (AvgIpc) is 3.49. The molecule has 1 aromatic heterocycles. The number of rotatable bonds is 7. The first-order valence-electron chi connectivity index (χ1n) is 11.3. The van der Waals surface area contributed by atoms with Gasteiger partial charge in [0.05, 0.1) is 12.8 Å². The highest BCUT2D eigenvalue weighted by Crippen LogP contribution is 2.51. The number of carbonyl (C=O) groups is 1. The fraction of sp³-hybridized carbons (Fsp3) is 0.360. The normalized spacial score (nSPS) is 16.9. The van der Waals surface area contributed by atoms with Crippen LogP contribution in [-0.2, 0) is 21.7 Å². The third-order valence-electron chi connectivity index (χ3n) is 6.88. The van der Waals surface area contributed by atoms with Crippen LogP contribution in [0, 0.1) is 0 Å². The maximum Gasteiger partial charge on any atom is 0.277 e. The predicted molar refractivity (Wildman–Crippen MR) is 128 cm³/mol. The van der Waals surface area contributed by atoms with E-state index in [4.69, 9.17) is 4.74 Å². The van der Waals surface area contributed by atoms with Crippen LogP contribution < -0.4 is 9.64 Å². The van der Waals surface area contributed by atoms with Crippen LogP contribution in [0.3, 0.4) is 0 Å². The number of carbonyl (C=O) groups excluding carboxylic acids is 1. The highest BCUT2D eigenvalue weighted by atomic mass is 32.2. The van der Waals surface area contributed by atoms with Crippen LogP contribution in [0.1, 0.15) is 40.9 Å². The number of hydrogen-bond acceptors (Lipinski definition) is 6. The number of aliphatic hydroxyl groups excluding tert-OH is 1. The second-order valence-electron chi connectivity index (χ2n) is 9.02. The summed E-state index contributed by atoms with van der Waals surface area (Å²) < 4.78 is 31.6. The van der Waals surface area contributed by atoms with Gasteiger partial charge in [-0.05, 0) is 73.1 Å². The molecular weight excluding hydrogens is 454 g/mol. The van der Waals surface area contributed by atoms with Crippen molar-refractivity contribution in [1.29, 1.82) is 0 Å². The van der Waals surface area contributed by atoms with E-state index in [0.29, 0.717) is 30.0 Å². The van der Waals surface area contributed by atoms with Crippen molar-refractivity contribution in [3.63, 3.8) is 0 Å². The molecule has 1 aliphatic heterocycles. The van der Waals surface area contributed by atoms with E-state index >= 15 is 0 Å². The molecule has 1 amide bonds. The molecule has 1 saturated carbocycles. The third kappa shape index (κ3) is 3.78. The lowest BCUT2D eigenvalue weighted by Gasteiger charge is -2.28. The van der Waals surface area contributed by atoms with Crippen LogP contribution >= 0.6 is 0 Å². The molecule has 34 heavy (non-hydrogen) atoms. The Bertz CT molecular complexity index is 1340. The average molecular weight is 482 g/mol. The molecule has 5 rings (SSSR count). The standard InChI is InChI=1S/C25H27N3O5S/c1-33-20-9-7-19(8-10-20)28-22-21(23(26-28)34(2,31)32)11-15-27(24(22)30)18-5-3-17(4-6-18)25(12-13-25)14-16-29/h3-10,29H,11-16H2,1-2H3. The van der Waals surface area contributed by atoms with Gasteiger partial charge in [0.1, 0.15) is 11.4 Å². The summed E-state index contributed by atoms with van der Waals surface area (Å²) in [6.45, 7) is 0.525. The predicted octanol–water partition coefficient (Wildman–Crippen LogP) is 2.90. The van der Waals surface area contributed by atoms with E-state index in [2.05, 4.69) is 5.10 Å². The summed E-state index contributed by atoms with van der Waals surface area (Å²) in [5.74, 6) is 0.361. The van der Waals surface area contributed by atoms with Gasteiger partial charge in [0.25, 0.3) is 5.91 Å². The fourth-order valence-electron chi connectivity index (χ4n) is 4.83. The molecule has 3 aromatic rings. The Morgan fingerprint density at radius 3 is 2.26 bits per heavy atom. The molecule has 1 N–H and O–H groups in total. The van der Waals surface area contributed by atoms with Gasteiger partial charge in [-0.2, -0.15) is 5.10 Å². The number of hydrogen-bond donors (Lipinski definition) is 1. The molecule has 0 spiro atoms. The molecule has 1 fully saturated rings. The van der Waals surface area contributed by atoms with Gasteiger partial charge < -0.3 is 14.7 Å². The van der Waals surface area contributed by atoms with E-state index in [1.807, 2.05) is 24.3 Å². The zero-order chi connectivity index (χ0) is 24.1.